The lowest BCUT2D eigenvalue weighted by atomic mass is 10.0. The first-order valence-electron chi connectivity index (χ1n) is 8.14. The SMILES string of the molecule is Cc1ccc(CN2CCCC2c2nn(C)c3c2COCC3)s1. The van der Waals surface area contributed by atoms with E-state index in [-0.39, 0.29) is 0 Å². The molecular weight excluding hydrogens is 294 g/mol. The fourth-order valence-electron chi connectivity index (χ4n) is 3.80. The molecule has 5 heteroatoms. The van der Waals surface area contributed by atoms with Gasteiger partial charge in [-0.05, 0) is 38.4 Å². The zero-order valence-corrected chi connectivity index (χ0v) is 14.2. The van der Waals surface area contributed by atoms with Crippen LogP contribution in [0.2, 0.25) is 0 Å². The summed E-state index contributed by atoms with van der Waals surface area (Å²) in [7, 11) is 2.08. The summed E-state index contributed by atoms with van der Waals surface area (Å²) >= 11 is 1.91. The van der Waals surface area contributed by atoms with Crippen LogP contribution in [-0.4, -0.2) is 27.8 Å². The Labute approximate surface area is 135 Å². The van der Waals surface area contributed by atoms with Gasteiger partial charge in [-0.25, -0.2) is 0 Å². The number of aryl methyl sites for hydroxylation is 2. The van der Waals surface area contributed by atoms with Gasteiger partial charge in [0.2, 0.25) is 0 Å². The van der Waals surface area contributed by atoms with Crippen molar-refractivity contribution >= 4 is 11.3 Å². The van der Waals surface area contributed by atoms with E-state index in [0.717, 1.165) is 26.2 Å². The Balaban J connectivity index is 1.61. The topological polar surface area (TPSA) is 30.3 Å². The van der Waals surface area contributed by atoms with Crippen molar-refractivity contribution in [2.75, 3.05) is 13.2 Å². The summed E-state index contributed by atoms with van der Waals surface area (Å²) in [5.74, 6) is 0. The molecule has 1 unspecified atom stereocenters. The van der Waals surface area contributed by atoms with Crippen LogP contribution in [0.4, 0.5) is 0 Å². The van der Waals surface area contributed by atoms with Crippen molar-refractivity contribution in [3.63, 3.8) is 0 Å². The Morgan fingerprint density at radius 3 is 3.14 bits per heavy atom. The second kappa shape index (κ2) is 5.80. The predicted octanol–water partition coefficient (Wildman–Crippen LogP) is 3.20. The summed E-state index contributed by atoms with van der Waals surface area (Å²) in [5, 5.41) is 4.87. The maximum atomic E-state index is 5.70. The van der Waals surface area contributed by atoms with Crippen LogP contribution in [0.25, 0.3) is 0 Å². The summed E-state index contributed by atoms with van der Waals surface area (Å²) < 4.78 is 7.78. The highest BCUT2D eigenvalue weighted by Crippen LogP contribution is 2.37. The van der Waals surface area contributed by atoms with Crippen molar-refractivity contribution in [2.24, 2.45) is 7.05 Å². The summed E-state index contributed by atoms with van der Waals surface area (Å²) in [6.07, 6.45) is 3.48. The van der Waals surface area contributed by atoms with Gasteiger partial charge in [0.1, 0.15) is 0 Å². The Kier molecular flexibility index (Phi) is 3.80. The van der Waals surface area contributed by atoms with E-state index in [1.807, 2.05) is 11.3 Å². The van der Waals surface area contributed by atoms with E-state index in [1.54, 1.807) is 0 Å². The smallest absolute Gasteiger partial charge is 0.0854 e. The third kappa shape index (κ3) is 2.51. The summed E-state index contributed by atoms with van der Waals surface area (Å²) in [5.41, 5.74) is 4.00. The first kappa shape index (κ1) is 14.4. The fraction of sp³-hybridized carbons (Fsp3) is 0.588. The van der Waals surface area contributed by atoms with Gasteiger partial charge in [-0.3, -0.25) is 9.58 Å². The van der Waals surface area contributed by atoms with Crippen molar-refractivity contribution in [1.29, 1.82) is 0 Å². The van der Waals surface area contributed by atoms with Crippen LogP contribution >= 0.6 is 11.3 Å². The van der Waals surface area contributed by atoms with E-state index in [9.17, 15) is 0 Å². The minimum Gasteiger partial charge on any atom is -0.376 e. The number of nitrogens with zero attached hydrogens (tertiary/aromatic N) is 3. The second-order valence-electron chi connectivity index (χ2n) is 6.38. The van der Waals surface area contributed by atoms with Gasteiger partial charge in [0.05, 0.1) is 24.9 Å². The first-order valence-corrected chi connectivity index (χ1v) is 8.96. The molecule has 0 aromatic carbocycles. The van der Waals surface area contributed by atoms with Crippen molar-refractivity contribution in [3.8, 4) is 0 Å². The molecule has 2 aliphatic heterocycles. The maximum absolute atomic E-state index is 5.70. The lowest BCUT2D eigenvalue weighted by Crippen LogP contribution is -2.24. The van der Waals surface area contributed by atoms with Gasteiger partial charge in [-0.15, -0.1) is 11.3 Å². The molecule has 0 N–H and O–H groups in total. The lowest BCUT2D eigenvalue weighted by Gasteiger charge is -2.24. The highest BCUT2D eigenvalue weighted by molar-refractivity contribution is 7.11. The van der Waals surface area contributed by atoms with Crippen LogP contribution in [-0.2, 0) is 31.4 Å². The molecule has 4 rings (SSSR count). The molecule has 118 valence electrons. The number of likely N-dealkylation sites (tertiary alicyclic amines) is 1. The molecule has 0 amide bonds. The largest absolute Gasteiger partial charge is 0.376 e. The van der Waals surface area contributed by atoms with E-state index in [0.29, 0.717) is 6.04 Å². The molecule has 0 spiro atoms. The second-order valence-corrected chi connectivity index (χ2v) is 7.75. The van der Waals surface area contributed by atoms with Gasteiger partial charge < -0.3 is 4.74 Å². The molecule has 4 heterocycles. The molecule has 0 saturated carbocycles. The van der Waals surface area contributed by atoms with Crippen LogP contribution in [0.1, 0.15) is 45.6 Å². The molecule has 1 atom stereocenters. The van der Waals surface area contributed by atoms with E-state index >= 15 is 0 Å². The Bertz CT molecular complexity index is 675. The summed E-state index contributed by atoms with van der Waals surface area (Å²) in [6.45, 7) is 5.97. The van der Waals surface area contributed by atoms with Crippen LogP contribution in [0.3, 0.4) is 0 Å². The number of rotatable bonds is 3. The van der Waals surface area contributed by atoms with Crippen LogP contribution in [0.15, 0.2) is 12.1 Å². The van der Waals surface area contributed by atoms with Gasteiger partial charge in [0, 0.05) is 41.0 Å². The summed E-state index contributed by atoms with van der Waals surface area (Å²) in [6, 6.07) is 4.95. The number of thiophene rings is 1. The fourth-order valence-corrected chi connectivity index (χ4v) is 4.72. The third-order valence-electron chi connectivity index (χ3n) is 4.87. The Hall–Kier alpha value is -1.17. The summed E-state index contributed by atoms with van der Waals surface area (Å²) in [4.78, 5) is 5.46. The number of fused-ring (bicyclic) bond motifs is 1. The molecule has 0 aliphatic carbocycles. The molecule has 22 heavy (non-hydrogen) atoms. The Morgan fingerprint density at radius 1 is 1.41 bits per heavy atom. The van der Waals surface area contributed by atoms with E-state index in [2.05, 4.69) is 35.7 Å². The quantitative estimate of drug-likeness (QED) is 0.871. The molecule has 2 aliphatic rings. The standard InChI is InChI=1S/C17H23N3OS/c1-12-5-6-13(22-12)10-20-8-3-4-16(20)17-14-11-21-9-7-15(14)19(2)18-17/h5-6,16H,3-4,7-11H2,1-2H3. The highest BCUT2D eigenvalue weighted by atomic mass is 32.1. The molecule has 2 aromatic heterocycles. The minimum atomic E-state index is 0.457. The maximum Gasteiger partial charge on any atom is 0.0854 e. The van der Waals surface area contributed by atoms with E-state index in [1.165, 1.54) is 46.1 Å². The average Bonchev–Trinajstić information content (AvgIpc) is 3.21. The highest BCUT2D eigenvalue weighted by Gasteiger charge is 2.32. The molecule has 0 bridgehead atoms. The van der Waals surface area contributed by atoms with Crippen LogP contribution in [0, 0.1) is 6.92 Å². The molecule has 2 aromatic rings. The van der Waals surface area contributed by atoms with Gasteiger partial charge in [0.15, 0.2) is 0 Å². The van der Waals surface area contributed by atoms with Crippen molar-refractivity contribution in [1.82, 2.24) is 14.7 Å². The van der Waals surface area contributed by atoms with Gasteiger partial charge in [-0.1, -0.05) is 0 Å². The van der Waals surface area contributed by atoms with Crippen molar-refractivity contribution in [2.45, 2.75) is 45.4 Å². The molecule has 1 saturated heterocycles. The van der Waals surface area contributed by atoms with E-state index in [4.69, 9.17) is 9.84 Å². The molecule has 0 radical (unpaired) electrons. The monoisotopic (exact) mass is 317 g/mol. The Morgan fingerprint density at radius 2 is 2.32 bits per heavy atom. The third-order valence-corrected chi connectivity index (χ3v) is 5.86. The molecule has 4 nitrogen and oxygen atoms in total. The number of hydrogen-bond acceptors (Lipinski definition) is 4. The van der Waals surface area contributed by atoms with Gasteiger partial charge in [0.25, 0.3) is 0 Å². The number of aromatic nitrogens is 2. The van der Waals surface area contributed by atoms with Crippen molar-refractivity contribution in [3.05, 3.63) is 38.8 Å². The van der Waals surface area contributed by atoms with Crippen LogP contribution < -0.4 is 0 Å². The first-order chi connectivity index (χ1) is 10.7. The van der Waals surface area contributed by atoms with Gasteiger partial charge in [-0.2, -0.15) is 5.10 Å². The van der Waals surface area contributed by atoms with E-state index < -0.39 is 0 Å². The molecular formula is C17H23N3OS. The number of hydrogen-bond donors (Lipinski definition) is 0. The zero-order valence-electron chi connectivity index (χ0n) is 13.3. The van der Waals surface area contributed by atoms with Gasteiger partial charge >= 0.3 is 0 Å². The normalized spacial score (nSPS) is 22.2. The average molecular weight is 317 g/mol. The molecule has 1 fully saturated rings. The lowest BCUT2D eigenvalue weighted by molar-refractivity contribution is 0.107. The number of ether oxygens (including phenoxy) is 1. The minimum absolute atomic E-state index is 0.457. The predicted molar refractivity (Wildman–Crippen MR) is 88.0 cm³/mol. The van der Waals surface area contributed by atoms with Crippen LogP contribution in [0.5, 0.6) is 0 Å². The zero-order chi connectivity index (χ0) is 15.1. The van der Waals surface area contributed by atoms with Crippen molar-refractivity contribution < 1.29 is 4.74 Å².